The molecule has 1 atom stereocenters. The number of nitrogens with two attached hydrogens (primary N) is 1. The van der Waals surface area contributed by atoms with E-state index in [9.17, 15) is 0 Å². The summed E-state index contributed by atoms with van der Waals surface area (Å²) in [5.74, 6) is 0.907. The molecule has 0 saturated heterocycles. The third-order valence-corrected chi connectivity index (χ3v) is 3.43. The molecule has 0 saturated carbocycles. The van der Waals surface area contributed by atoms with Crippen LogP contribution < -0.4 is 10.5 Å². The Balaban J connectivity index is 1.99. The fourth-order valence-electron chi connectivity index (χ4n) is 1.51. The Morgan fingerprint density at radius 1 is 1.28 bits per heavy atom. The Bertz CT molecular complexity index is 495. The van der Waals surface area contributed by atoms with Crippen molar-refractivity contribution in [3.63, 3.8) is 0 Å². The molecule has 1 aromatic heterocycles. The summed E-state index contributed by atoms with van der Waals surface area (Å²) in [6.45, 7) is 4.18. The summed E-state index contributed by atoms with van der Waals surface area (Å²) in [4.78, 5) is 0. The van der Waals surface area contributed by atoms with Gasteiger partial charge >= 0.3 is 0 Å². The molecule has 0 aliphatic heterocycles. The van der Waals surface area contributed by atoms with E-state index in [2.05, 4.69) is 36.2 Å². The first-order valence-corrected chi connectivity index (χ1v) is 6.82. The van der Waals surface area contributed by atoms with Gasteiger partial charge in [-0.05, 0) is 31.0 Å². The van der Waals surface area contributed by atoms with Crippen LogP contribution in [0.25, 0.3) is 0 Å². The van der Waals surface area contributed by atoms with Gasteiger partial charge in [0.25, 0.3) is 0 Å². The van der Waals surface area contributed by atoms with Crippen LogP contribution in [-0.4, -0.2) is 16.3 Å². The number of hydrogen-bond donors (Lipinski definition) is 1. The molecule has 2 N–H and O–H groups in total. The van der Waals surface area contributed by atoms with E-state index in [1.807, 2.05) is 12.1 Å². The number of rotatable bonds is 5. The van der Waals surface area contributed by atoms with Crippen LogP contribution in [0.3, 0.4) is 0 Å². The Kier molecular flexibility index (Phi) is 4.15. The standard InChI is InChI=1S/C13H17N3OS/c1-3-9(2)17-11-6-4-10(5-7-11)8-12-15-16-13(14)18-12/h4-7,9H,3,8H2,1-2H3,(H2,14,16). The van der Waals surface area contributed by atoms with Crippen LogP contribution >= 0.6 is 11.3 Å². The summed E-state index contributed by atoms with van der Waals surface area (Å²) in [7, 11) is 0. The summed E-state index contributed by atoms with van der Waals surface area (Å²) >= 11 is 1.43. The Morgan fingerprint density at radius 2 is 2.00 bits per heavy atom. The predicted molar refractivity (Wildman–Crippen MR) is 74.0 cm³/mol. The minimum absolute atomic E-state index is 0.249. The Morgan fingerprint density at radius 3 is 2.56 bits per heavy atom. The molecular weight excluding hydrogens is 246 g/mol. The molecule has 0 fully saturated rings. The third kappa shape index (κ3) is 3.43. The van der Waals surface area contributed by atoms with Gasteiger partial charge in [-0.1, -0.05) is 30.4 Å². The smallest absolute Gasteiger partial charge is 0.203 e. The van der Waals surface area contributed by atoms with Crippen molar-refractivity contribution >= 4 is 16.5 Å². The van der Waals surface area contributed by atoms with Crippen LogP contribution in [0.4, 0.5) is 5.13 Å². The molecule has 2 rings (SSSR count). The monoisotopic (exact) mass is 263 g/mol. The largest absolute Gasteiger partial charge is 0.491 e. The van der Waals surface area contributed by atoms with Gasteiger partial charge in [0.15, 0.2) is 0 Å². The minimum Gasteiger partial charge on any atom is -0.491 e. The van der Waals surface area contributed by atoms with Crippen LogP contribution in [0.5, 0.6) is 5.75 Å². The van der Waals surface area contributed by atoms with Crippen molar-refractivity contribution in [2.24, 2.45) is 0 Å². The maximum Gasteiger partial charge on any atom is 0.203 e. The van der Waals surface area contributed by atoms with E-state index in [0.29, 0.717) is 5.13 Å². The molecule has 0 aliphatic rings. The molecule has 1 aromatic carbocycles. The number of benzene rings is 1. The van der Waals surface area contributed by atoms with Crippen molar-refractivity contribution in [3.8, 4) is 5.75 Å². The van der Waals surface area contributed by atoms with E-state index in [1.54, 1.807) is 0 Å². The van der Waals surface area contributed by atoms with E-state index in [0.717, 1.165) is 23.6 Å². The molecule has 1 heterocycles. The highest BCUT2D eigenvalue weighted by molar-refractivity contribution is 7.15. The fourth-order valence-corrected chi connectivity index (χ4v) is 2.16. The lowest BCUT2D eigenvalue weighted by molar-refractivity contribution is 0.217. The SMILES string of the molecule is CCC(C)Oc1ccc(Cc2nnc(N)s2)cc1. The van der Waals surface area contributed by atoms with Crippen LogP contribution in [0.15, 0.2) is 24.3 Å². The molecule has 0 spiro atoms. The first-order valence-electron chi connectivity index (χ1n) is 6.01. The number of anilines is 1. The lowest BCUT2D eigenvalue weighted by Gasteiger charge is -2.12. The van der Waals surface area contributed by atoms with Gasteiger partial charge in [-0.25, -0.2) is 0 Å². The van der Waals surface area contributed by atoms with E-state index in [4.69, 9.17) is 10.5 Å². The maximum absolute atomic E-state index is 5.73. The molecular formula is C13H17N3OS. The van der Waals surface area contributed by atoms with Crippen LogP contribution in [0.2, 0.25) is 0 Å². The van der Waals surface area contributed by atoms with Crippen LogP contribution in [0, 0.1) is 0 Å². The zero-order valence-electron chi connectivity index (χ0n) is 10.6. The van der Waals surface area contributed by atoms with E-state index >= 15 is 0 Å². The van der Waals surface area contributed by atoms with Crippen LogP contribution in [0.1, 0.15) is 30.8 Å². The van der Waals surface area contributed by atoms with Gasteiger partial charge in [0.05, 0.1) is 6.10 Å². The van der Waals surface area contributed by atoms with Gasteiger partial charge in [0.1, 0.15) is 10.8 Å². The molecule has 2 aromatic rings. The normalized spacial score (nSPS) is 12.3. The molecule has 0 bridgehead atoms. The fraction of sp³-hybridized carbons (Fsp3) is 0.385. The summed E-state index contributed by atoms with van der Waals surface area (Å²) in [6, 6.07) is 8.09. The number of nitrogen functional groups attached to an aromatic ring is 1. The average molecular weight is 263 g/mol. The first-order chi connectivity index (χ1) is 8.67. The van der Waals surface area contributed by atoms with Crippen molar-refractivity contribution < 1.29 is 4.74 Å². The topological polar surface area (TPSA) is 61.0 Å². The molecule has 96 valence electrons. The van der Waals surface area contributed by atoms with Gasteiger partial charge in [0, 0.05) is 6.42 Å². The highest BCUT2D eigenvalue weighted by atomic mass is 32.1. The second kappa shape index (κ2) is 5.82. The number of ether oxygens (including phenoxy) is 1. The van der Waals surface area contributed by atoms with Crippen molar-refractivity contribution in [3.05, 3.63) is 34.8 Å². The molecule has 4 nitrogen and oxygen atoms in total. The Labute approximate surface area is 111 Å². The minimum atomic E-state index is 0.249. The van der Waals surface area contributed by atoms with Crippen molar-refractivity contribution in [1.82, 2.24) is 10.2 Å². The molecule has 5 heteroatoms. The average Bonchev–Trinajstić information content (AvgIpc) is 2.77. The molecule has 18 heavy (non-hydrogen) atoms. The summed E-state index contributed by atoms with van der Waals surface area (Å²) < 4.78 is 5.73. The zero-order chi connectivity index (χ0) is 13.0. The van der Waals surface area contributed by atoms with Gasteiger partial charge < -0.3 is 10.5 Å². The zero-order valence-corrected chi connectivity index (χ0v) is 11.4. The maximum atomic E-state index is 5.73. The summed E-state index contributed by atoms with van der Waals surface area (Å²) in [5.41, 5.74) is 6.73. The second-order valence-electron chi connectivity index (χ2n) is 4.19. The summed E-state index contributed by atoms with van der Waals surface area (Å²) in [6.07, 6.45) is 2.02. The van der Waals surface area contributed by atoms with Gasteiger partial charge in [-0.3, -0.25) is 0 Å². The first kappa shape index (κ1) is 12.8. The predicted octanol–water partition coefficient (Wildman–Crippen LogP) is 2.89. The number of nitrogens with zero attached hydrogens (tertiary/aromatic N) is 2. The number of hydrogen-bond acceptors (Lipinski definition) is 5. The van der Waals surface area contributed by atoms with E-state index in [-0.39, 0.29) is 6.10 Å². The second-order valence-corrected chi connectivity index (χ2v) is 5.29. The lowest BCUT2D eigenvalue weighted by atomic mass is 10.1. The summed E-state index contributed by atoms with van der Waals surface area (Å²) in [5, 5.41) is 9.26. The molecule has 1 unspecified atom stereocenters. The van der Waals surface area contributed by atoms with Crippen molar-refractivity contribution in [2.45, 2.75) is 32.8 Å². The van der Waals surface area contributed by atoms with Crippen molar-refractivity contribution in [1.29, 1.82) is 0 Å². The highest BCUT2D eigenvalue weighted by Crippen LogP contribution is 2.19. The van der Waals surface area contributed by atoms with E-state index in [1.165, 1.54) is 16.9 Å². The third-order valence-electron chi connectivity index (χ3n) is 2.67. The van der Waals surface area contributed by atoms with Gasteiger partial charge in [0.2, 0.25) is 5.13 Å². The van der Waals surface area contributed by atoms with E-state index < -0.39 is 0 Å². The molecule has 0 amide bonds. The van der Waals surface area contributed by atoms with Gasteiger partial charge in [-0.15, -0.1) is 10.2 Å². The number of aromatic nitrogens is 2. The van der Waals surface area contributed by atoms with Crippen LogP contribution in [-0.2, 0) is 6.42 Å². The highest BCUT2D eigenvalue weighted by Gasteiger charge is 2.04. The van der Waals surface area contributed by atoms with Crippen molar-refractivity contribution in [2.75, 3.05) is 5.73 Å². The quantitative estimate of drug-likeness (QED) is 0.901. The Hall–Kier alpha value is -1.62. The lowest BCUT2D eigenvalue weighted by Crippen LogP contribution is -2.09. The molecule has 0 radical (unpaired) electrons. The molecule has 0 aliphatic carbocycles. The van der Waals surface area contributed by atoms with Gasteiger partial charge in [-0.2, -0.15) is 0 Å².